The monoisotopic (exact) mass is 423 g/mol. The van der Waals surface area contributed by atoms with Gasteiger partial charge in [0.15, 0.2) is 0 Å². The second-order valence-corrected chi connectivity index (χ2v) is 9.85. The molecule has 0 saturated heterocycles. The Hall–Kier alpha value is -2.36. The molecular formula is C23H26N3OPS. The molecule has 150 valence electrons. The van der Waals surface area contributed by atoms with Gasteiger partial charge in [0.25, 0.3) is 0 Å². The third-order valence-electron chi connectivity index (χ3n) is 4.44. The molecule has 1 unspecified atom stereocenters. The first kappa shape index (κ1) is 21.4. The van der Waals surface area contributed by atoms with Gasteiger partial charge in [-0.1, -0.05) is 50.7 Å². The number of phenolic OH excluding ortho intramolecular Hbond substituents is 1. The highest BCUT2D eigenvalue weighted by Gasteiger charge is 2.21. The highest BCUT2D eigenvalue weighted by Crippen LogP contribution is 2.37. The summed E-state index contributed by atoms with van der Waals surface area (Å²) < 4.78 is 0. The van der Waals surface area contributed by atoms with Crippen molar-refractivity contribution in [2.45, 2.75) is 38.0 Å². The van der Waals surface area contributed by atoms with Crippen LogP contribution >= 0.6 is 21.0 Å². The van der Waals surface area contributed by atoms with Gasteiger partial charge in [0.1, 0.15) is 11.5 Å². The van der Waals surface area contributed by atoms with Gasteiger partial charge in [-0.15, -0.1) is 9.24 Å². The van der Waals surface area contributed by atoms with Gasteiger partial charge in [-0.3, -0.25) is 10.8 Å². The van der Waals surface area contributed by atoms with Gasteiger partial charge in [-0.25, -0.2) is 0 Å². The average molecular weight is 424 g/mol. The van der Waals surface area contributed by atoms with Crippen LogP contribution in [0.3, 0.4) is 0 Å². The smallest absolute Gasteiger partial charge is 0.144 e. The van der Waals surface area contributed by atoms with E-state index in [1.807, 2.05) is 43.3 Å². The molecule has 0 radical (unpaired) electrons. The normalized spacial score (nSPS) is 15.6. The number of hydrazone groups is 1. The van der Waals surface area contributed by atoms with Crippen molar-refractivity contribution in [3.05, 3.63) is 70.7 Å². The van der Waals surface area contributed by atoms with E-state index in [0.29, 0.717) is 17.1 Å². The molecule has 0 fully saturated rings. The summed E-state index contributed by atoms with van der Waals surface area (Å²) in [6, 6.07) is 12.1. The summed E-state index contributed by atoms with van der Waals surface area (Å²) in [5.74, 6) is 0.196. The quantitative estimate of drug-likeness (QED) is 0.262. The molecule has 0 amide bonds. The summed E-state index contributed by atoms with van der Waals surface area (Å²) in [6.07, 6.45) is 5.54. The Morgan fingerprint density at radius 2 is 1.79 bits per heavy atom. The molecule has 0 aliphatic heterocycles. The predicted octanol–water partition coefficient (Wildman–Crippen LogP) is 5.53. The van der Waals surface area contributed by atoms with E-state index in [4.69, 9.17) is 5.41 Å². The molecule has 1 aliphatic rings. The molecule has 6 heteroatoms. The number of aromatic hydroxyl groups is 1. The molecular weight excluding hydrogens is 397 g/mol. The molecule has 3 rings (SSSR count). The number of hydrogen-bond donors (Lipinski definition) is 3. The van der Waals surface area contributed by atoms with E-state index in [2.05, 4.69) is 52.7 Å². The molecule has 0 bridgehead atoms. The van der Waals surface area contributed by atoms with Crippen LogP contribution < -0.4 is 10.7 Å². The minimum Gasteiger partial charge on any atom is -0.505 e. The van der Waals surface area contributed by atoms with Crippen LogP contribution in [0.1, 0.15) is 31.9 Å². The van der Waals surface area contributed by atoms with Crippen molar-refractivity contribution in [1.29, 1.82) is 5.41 Å². The molecule has 4 nitrogen and oxygen atoms in total. The first-order valence-corrected chi connectivity index (χ1v) is 10.7. The Bertz CT molecular complexity index is 1030. The maximum atomic E-state index is 10.7. The van der Waals surface area contributed by atoms with Crippen molar-refractivity contribution in [1.82, 2.24) is 0 Å². The largest absolute Gasteiger partial charge is 0.505 e. The summed E-state index contributed by atoms with van der Waals surface area (Å²) in [5, 5.41) is 24.4. The van der Waals surface area contributed by atoms with E-state index in [9.17, 15) is 5.11 Å². The average Bonchev–Trinajstić information content (AvgIpc) is 2.65. The number of rotatable bonds is 4. The zero-order valence-corrected chi connectivity index (χ0v) is 19.0. The van der Waals surface area contributed by atoms with Gasteiger partial charge >= 0.3 is 0 Å². The number of anilines is 1. The highest BCUT2D eigenvalue weighted by molar-refractivity contribution is 8.03. The molecule has 0 aromatic heterocycles. The maximum Gasteiger partial charge on any atom is 0.144 e. The summed E-state index contributed by atoms with van der Waals surface area (Å²) >= 11 is 1.62. The second-order valence-electron chi connectivity index (χ2n) is 8.03. The third-order valence-corrected chi connectivity index (χ3v) is 5.83. The number of aryl methyl sites for hydroxylation is 1. The van der Waals surface area contributed by atoms with Crippen molar-refractivity contribution in [2.24, 2.45) is 5.10 Å². The number of nitrogens with zero attached hydrogens (tertiary/aromatic N) is 1. The fourth-order valence-electron chi connectivity index (χ4n) is 2.90. The number of allylic oxidation sites excluding steroid dienone is 3. The predicted molar refractivity (Wildman–Crippen MR) is 129 cm³/mol. The van der Waals surface area contributed by atoms with Crippen LogP contribution in [0.4, 0.5) is 5.69 Å². The van der Waals surface area contributed by atoms with Crippen LogP contribution in [0.15, 0.2) is 69.5 Å². The molecule has 1 atom stereocenters. The molecule has 2 aromatic carbocycles. The highest BCUT2D eigenvalue weighted by atomic mass is 32.2. The lowest BCUT2D eigenvalue weighted by Gasteiger charge is -2.22. The van der Waals surface area contributed by atoms with Crippen LogP contribution in [-0.2, 0) is 5.41 Å². The van der Waals surface area contributed by atoms with E-state index in [0.717, 1.165) is 26.2 Å². The van der Waals surface area contributed by atoms with Gasteiger partial charge < -0.3 is 5.11 Å². The SMILES string of the molecule is Cc1cc(N/N=C2/C=C(Sc3ccc(P)cc3)C=CC2=N)c(O)c(C(C)(C)C)c1. The minimum absolute atomic E-state index is 0.184. The van der Waals surface area contributed by atoms with E-state index in [1.54, 1.807) is 17.8 Å². The van der Waals surface area contributed by atoms with Crippen molar-refractivity contribution >= 4 is 43.4 Å². The minimum atomic E-state index is -0.184. The van der Waals surface area contributed by atoms with Crippen LogP contribution in [0.25, 0.3) is 0 Å². The first-order chi connectivity index (χ1) is 13.6. The lowest BCUT2D eigenvalue weighted by molar-refractivity contribution is 0.448. The van der Waals surface area contributed by atoms with E-state index >= 15 is 0 Å². The number of nitrogens with one attached hydrogen (secondary N) is 2. The number of benzene rings is 2. The van der Waals surface area contributed by atoms with Gasteiger partial charge in [0, 0.05) is 15.4 Å². The molecule has 0 spiro atoms. The van der Waals surface area contributed by atoms with Crippen LogP contribution in [0.5, 0.6) is 5.75 Å². The lowest BCUT2D eigenvalue weighted by Crippen LogP contribution is -2.14. The molecule has 0 saturated carbocycles. The Morgan fingerprint density at radius 1 is 1.10 bits per heavy atom. The Kier molecular flexibility index (Phi) is 6.30. The number of phenols is 1. The number of hydrogen-bond acceptors (Lipinski definition) is 5. The van der Waals surface area contributed by atoms with Gasteiger partial charge in [-0.05, 0) is 59.6 Å². The second kappa shape index (κ2) is 8.56. The van der Waals surface area contributed by atoms with Crippen LogP contribution in [0, 0.1) is 12.3 Å². The van der Waals surface area contributed by atoms with Crippen LogP contribution in [0.2, 0.25) is 0 Å². The van der Waals surface area contributed by atoms with Crippen molar-refractivity contribution in [2.75, 3.05) is 5.43 Å². The Labute approximate surface area is 178 Å². The molecule has 2 aromatic rings. The zero-order chi connectivity index (χ0) is 21.2. The van der Waals surface area contributed by atoms with Crippen molar-refractivity contribution in [3.8, 4) is 5.75 Å². The Morgan fingerprint density at radius 3 is 2.45 bits per heavy atom. The summed E-state index contributed by atoms with van der Waals surface area (Å²) in [7, 11) is 2.68. The summed E-state index contributed by atoms with van der Waals surface area (Å²) in [4.78, 5) is 2.13. The van der Waals surface area contributed by atoms with Gasteiger partial charge in [0.2, 0.25) is 0 Å². The lowest BCUT2D eigenvalue weighted by atomic mass is 9.85. The van der Waals surface area contributed by atoms with E-state index < -0.39 is 0 Å². The summed E-state index contributed by atoms with van der Waals surface area (Å²) in [6.45, 7) is 8.19. The van der Waals surface area contributed by atoms with Crippen LogP contribution in [-0.4, -0.2) is 16.5 Å². The molecule has 3 N–H and O–H groups in total. The topological polar surface area (TPSA) is 68.5 Å². The molecule has 29 heavy (non-hydrogen) atoms. The summed E-state index contributed by atoms with van der Waals surface area (Å²) in [5.41, 5.74) is 6.08. The van der Waals surface area contributed by atoms with Gasteiger partial charge in [0.05, 0.1) is 11.4 Å². The molecule has 0 heterocycles. The third kappa shape index (κ3) is 5.37. The van der Waals surface area contributed by atoms with Crippen molar-refractivity contribution < 1.29 is 5.11 Å². The zero-order valence-electron chi connectivity index (χ0n) is 17.1. The number of thioether (sulfide) groups is 1. The first-order valence-electron chi connectivity index (χ1n) is 9.33. The molecule has 1 aliphatic carbocycles. The van der Waals surface area contributed by atoms with Gasteiger partial charge in [-0.2, -0.15) is 5.10 Å². The van der Waals surface area contributed by atoms with Crippen molar-refractivity contribution in [3.63, 3.8) is 0 Å². The Balaban J connectivity index is 1.85. The van der Waals surface area contributed by atoms with E-state index in [-0.39, 0.29) is 11.2 Å². The maximum absolute atomic E-state index is 10.7. The fourth-order valence-corrected chi connectivity index (χ4v) is 3.94. The fraction of sp³-hybridized carbons (Fsp3) is 0.217. The van der Waals surface area contributed by atoms with E-state index in [1.165, 1.54) is 0 Å². The standard InChI is InChI=1S/C23H26N3OPS/c1-14-11-18(23(2,3)4)22(27)21(12-14)26-25-20-13-17(9-10-19(20)24)29-16-7-5-15(28)6-8-16/h5-13,24,26-27H,28H2,1-4H3/b24-19?,25-20-.